The molecule has 1 aliphatic heterocycles. The number of ketones is 1. The van der Waals surface area contributed by atoms with Crippen LogP contribution in [0, 0.1) is 23.7 Å². The molecule has 172 valence electrons. The zero-order chi connectivity index (χ0) is 23.7. The molecule has 32 heavy (non-hydrogen) atoms. The Balaban J connectivity index is 2.44. The quantitative estimate of drug-likeness (QED) is 0.223. The molecule has 3 nitrogen and oxygen atoms in total. The van der Waals surface area contributed by atoms with Crippen LogP contribution in [0.25, 0.3) is 0 Å². The molecule has 1 heterocycles. The first kappa shape index (κ1) is 25.9. The second-order valence-electron chi connectivity index (χ2n) is 9.72. The fraction of sp³-hybridized carbons (Fsp3) is 0.500. The third kappa shape index (κ3) is 7.95. The fourth-order valence-electron chi connectivity index (χ4n) is 4.05. The number of hydrogen-bond acceptors (Lipinski definition) is 3. The van der Waals surface area contributed by atoms with Crippen molar-refractivity contribution in [2.45, 2.75) is 78.6 Å². The topological polar surface area (TPSA) is 43.4 Å². The van der Waals surface area contributed by atoms with Gasteiger partial charge in [-0.25, -0.2) is 0 Å². The summed E-state index contributed by atoms with van der Waals surface area (Å²) in [5.41, 5.74) is 2.26. The van der Waals surface area contributed by atoms with E-state index in [0.29, 0.717) is 6.42 Å². The Morgan fingerprint density at radius 1 is 1.22 bits per heavy atom. The van der Waals surface area contributed by atoms with Gasteiger partial charge in [-0.2, -0.15) is 0 Å². The first-order valence-electron chi connectivity index (χ1n) is 11.7. The summed E-state index contributed by atoms with van der Waals surface area (Å²) < 4.78 is 5.96. The van der Waals surface area contributed by atoms with Crippen molar-refractivity contribution in [3.63, 3.8) is 0 Å². The average Bonchev–Trinajstić information content (AvgIpc) is 2.72. The molecule has 0 aliphatic carbocycles. The van der Waals surface area contributed by atoms with Gasteiger partial charge in [0.05, 0.1) is 8.07 Å². The van der Waals surface area contributed by atoms with Crippen molar-refractivity contribution >= 4 is 19.8 Å². The summed E-state index contributed by atoms with van der Waals surface area (Å²) in [6.07, 6.45) is 6.67. The SMILES string of the molecule is CC(=O)[C@@H](C)/C=C(\C)C1OC(=O)CCCCC#C/C([Si](C)(C)Cc2ccccc2)=C\[C@@H]1C. The van der Waals surface area contributed by atoms with E-state index < -0.39 is 8.07 Å². The summed E-state index contributed by atoms with van der Waals surface area (Å²) in [4.78, 5) is 24.3. The van der Waals surface area contributed by atoms with Gasteiger partial charge in [-0.3, -0.25) is 9.59 Å². The van der Waals surface area contributed by atoms with Gasteiger partial charge in [0.15, 0.2) is 0 Å². The molecule has 0 bridgehead atoms. The summed E-state index contributed by atoms with van der Waals surface area (Å²) in [5, 5.41) is 1.21. The summed E-state index contributed by atoms with van der Waals surface area (Å²) >= 11 is 0. The lowest BCUT2D eigenvalue weighted by Gasteiger charge is -2.28. The lowest BCUT2D eigenvalue weighted by molar-refractivity contribution is -0.148. The molecule has 1 aliphatic rings. The average molecular weight is 451 g/mol. The van der Waals surface area contributed by atoms with E-state index in [1.165, 1.54) is 10.8 Å². The summed E-state index contributed by atoms with van der Waals surface area (Å²) in [6.45, 7) is 12.3. The molecular formula is C28H38O3Si. The Labute approximate surface area is 195 Å². The molecule has 0 spiro atoms. The first-order valence-corrected chi connectivity index (χ1v) is 14.9. The third-order valence-corrected chi connectivity index (χ3v) is 9.18. The van der Waals surface area contributed by atoms with E-state index in [0.717, 1.165) is 30.9 Å². The Bertz CT molecular complexity index is 915. The molecule has 1 aromatic rings. The van der Waals surface area contributed by atoms with Crippen molar-refractivity contribution in [2.75, 3.05) is 0 Å². The van der Waals surface area contributed by atoms with Crippen LogP contribution in [0.2, 0.25) is 13.1 Å². The van der Waals surface area contributed by atoms with Crippen molar-refractivity contribution in [1.29, 1.82) is 0 Å². The zero-order valence-corrected chi connectivity index (χ0v) is 21.5. The molecule has 0 aromatic heterocycles. The summed E-state index contributed by atoms with van der Waals surface area (Å²) in [5.74, 6) is 6.60. The maximum absolute atomic E-state index is 12.5. The van der Waals surface area contributed by atoms with Gasteiger partial charge in [-0.1, -0.05) is 86.8 Å². The highest BCUT2D eigenvalue weighted by molar-refractivity contribution is 6.84. The number of carbonyl (C=O) groups is 2. The number of esters is 1. The van der Waals surface area contributed by atoms with Gasteiger partial charge < -0.3 is 4.74 Å². The number of allylic oxidation sites excluding steroid dienone is 2. The zero-order valence-electron chi connectivity index (χ0n) is 20.5. The monoisotopic (exact) mass is 450 g/mol. The van der Waals surface area contributed by atoms with Gasteiger partial charge in [0.1, 0.15) is 11.9 Å². The van der Waals surface area contributed by atoms with Crippen LogP contribution >= 0.6 is 0 Å². The van der Waals surface area contributed by atoms with Gasteiger partial charge in [0, 0.05) is 24.7 Å². The van der Waals surface area contributed by atoms with Crippen molar-refractivity contribution in [1.82, 2.24) is 0 Å². The maximum Gasteiger partial charge on any atom is 0.306 e. The number of benzene rings is 1. The Hall–Kier alpha value is -2.38. The van der Waals surface area contributed by atoms with Crippen LogP contribution in [0.3, 0.4) is 0 Å². The predicted octanol–water partition coefficient (Wildman–Crippen LogP) is 6.24. The number of hydrogen-bond donors (Lipinski definition) is 0. The molecule has 0 fully saturated rings. The number of cyclic esters (lactones) is 1. The van der Waals surface area contributed by atoms with E-state index in [-0.39, 0.29) is 29.7 Å². The Morgan fingerprint density at radius 3 is 2.56 bits per heavy atom. The predicted molar refractivity (Wildman–Crippen MR) is 135 cm³/mol. The highest BCUT2D eigenvalue weighted by atomic mass is 28.3. The molecule has 0 saturated carbocycles. The molecule has 0 saturated heterocycles. The molecular weight excluding hydrogens is 412 g/mol. The minimum atomic E-state index is -1.87. The minimum Gasteiger partial charge on any atom is -0.457 e. The second-order valence-corrected chi connectivity index (χ2v) is 14.4. The molecule has 3 atom stereocenters. The van der Waals surface area contributed by atoms with E-state index in [4.69, 9.17) is 4.74 Å². The lowest BCUT2D eigenvalue weighted by Crippen LogP contribution is -2.34. The van der Waals surface area contributed by atoms with Gasteiger partial charge in [0.25, 0.3) is 0 Å². The molecule has 2 rings (SSSR count). The van der Waals surface area contributed by atoms with Crippen LogP contribution in [0.1, 0.15) is 58.9 Å². The first-order chi connectivity index (χ1) is 15.1. The van der Waals surface area contributed by atoms with Crippen molar-refractivity contribution in [2.24, 2.45) is 11.8 Å². The van der Waals surface area contributed by atoms with Crippen LogP contribution in [0.4, 0.5) is 0 Å². The molecule has 0 radical (unpaired) electrons. The van der Waals surface area contributed by atoms with Gasteiger partial charge in [-0.15, -0.1) is 0 Å². The van der Waals surface area contributed by atoms with Crippen LogP contribution in [-0.4, -0.2) is 25.9 Å². The molecule has 1 aromatic carbocycles. The van der Waals surface area contributed by atoms with E-state index >= 15 is 0 Å². The van der Waals surface area contributed by atoms with Gasteiger partial charge in [0.2, 0.25) is 0 Å². The highest BCUT2D eigenvalue weighted by Gasteiger charge is 2.29. The smallest absolute Gasteiger partial charge is 0.306 e. The lowest BCUT2D eigenvalue weighted by atomic mass is 9.93. The van der Waals surface area contributed by atoms with Crippen molar-refractivity contribution in [3.05, 3.63) is 58.8 Å². The van der Waals surface area contributed by atoms with Crippen LogP contribution in [0.5, 0.6) is 0 Å². The fourth-order valence-corrected chi connectivity index (χ4v) is 6.64. The summed E-state index contributed by atoms with van der Waals surface area (Å²) in [6, 6.07) is 11.6. The molecule has 1 unspecified atom stereocenters. The number of Topliss-reactive ketones (excluding diaryl/α,β-unsaturated/α-hetero) is 1. The minimum absolute atomic E-state index is 0.0272. The maximum atomic E-state index is 12.5. The Kier molecular flexibility index (Phi) is 9.72. The molecule has 0 N–H and O–H groups in total. The van der Waals surface area contributed by atoms with E-state index in [1.54, 1.807) is 6.92 Å². The number of ether oxygens (including phenoxy) is 1. The van der Waals surface area contributed by atoms with Crippen LogP contribution in [0.15, 0.2) is 53.3 Å². The van der Waals surface area contributed by atoms with Gasteiger partial charge in [-0.05, 0) is 43.5 Å². The second kappa shape index (κ2) is 12.0. The van der Waals surface area contributed by atoms with Crippen LogP contribution in [-0.2, 0) is 20.4 Å². The molecule has 4 heteroatoms. The van der Waals surface area contributed by atoms with Crippen molar-refractivity contribution < 1.29 is 14.3 Å². The third-order valence-electron chi connectivity index (χ3n) is 6.14. The number of rotatable bonds is 6. The van der Waals surface area contributed by atoms with E-state index in [2.05, 4.69) is 62.2 Å². The normalized spacial score (nSPS) is 23.4. The van der Waals surface area contributed by atoms with E-state index in [1.807, 2.05) is 26.0 Å². The Morgan fingerprint density at radius 2 is 1.91 bits per heavy atom. The largest absolute Gasteiger partial charge is 0.457 e. The summed E-state index contributed by atoms with van der Waals surface area (Å²) in [7, 11) is -1.87. The van der Waals surface area contributed by atoms with Crippen molar-refractivity contribution in [3.8, 4) is 11.8 Å². The van der Waals surface area contributed by atoms with Crippen LogP contribution < -0.4 is 0 Å². The van der Waals surface area contributed by atoms with Gasteiger partial charge >= 0.3 is 5.97 Å². The number of carbonyl (C=O) groups excluding carboxylic acids is 2. The molecule has 0 amide bonds. The standard InChI is InChI=1S/C28H38O3Si/c1-21(24(4)29)18-22(2)28-23(3)19-26(16-12-7-8-13-17-27(30)31-28)32(5,6)20-25-14-10-9-11-15-25/h9-11,14-15,18-19,21,23,28H,7-8,13,17,20H2,1-6H3/b22-18+,26-19+/t21-,23-,28?/m0/s1. The highest BCUT2D eigenvalue weighted by Crippen LogP contribution is 2.27. The van der Waals surface area contributed by atoms with E-state index in [9.17, 15) is 9.59 Å².